The Balaban J connectivity index is 1.77. The first-order chi connectivity index (χ1) is 11.2. The second-order valence-electron chi connectivity index (χ2n) is 5.23. The lowest BCUT2D eigenvalue weighted by Crippen LogP contribution is -2.22. The van der Waals surface area contributed by atoms with Gasteiger partial charge in [0.2, 0.25) is 0 Å². The topological polar surface area (TPSA) is 74.0 Å². The van der Waals surface area contributed by atoms with Crippen LogP contribution in [-0.4, -0.2) is 23.8 Å². The molecular weight excluding hydrogens is 290 g/mol. The van der Waals surface area contributed by atoms with Crippen molar-refractivity contribution in [3.63, 3.8) is 0 Å². The van der Waals surface area contributed by atoms with Crippen molar-refractivity contribution in [2.24, 2.45) is 0 Å². The van der Waals surface area contributed by atoms with Crippen LogP contribution < -0.4 is 10.6 Å². The molecule has 0 saturated heterocycles. The maximum Gasteiger partial charge on any atom is 0.267 e. The van der Waals surface area contributed by atoms with Gasteiger partial charge in [-0.05, 0) is 29.8 Å². The zero-order chi connectivity index (χ0) is 16.2. The van der Waals surface area contributed by atoms with Crippen molar-refractivity contribution >= 4 is 22.7 Å². The van der Waals surface area contributed by atoms with Gasteiger partial charge >= 0.3 is 0 Å². The molecule has 0 aliphatic heterocycles. The third-order valence-corrected chi connectivity index (χ3v) is 3.65. The summed E-state index contributed by atoms with van der Waals surface area (Å²) in [6, 6.07) is 16.8. The van der Waals surface area contributed by atoms with Crippen molar-refractivity contribution < 1.29 is 9.59 Å². The Hall–Kier alpha value is -3.08. The summed E-state index contributed by atoms with van der Waals surface area (Å²) in [6.07, 6.45) is 0. The van der Waals surface area contributed by atoms with E-state index >= 15 is 0 Å². The minimum Gasteiger partial charge on any atom is -0.355 e. The molecule has 2 amide bonds. The van der Waals surface area contributed by atoms with Crippen molar-refractivity contribution in [1.29, 1.82) is 0 Å². The SMILES string of the molecule is CNC(=O)c1ccc2[nH]c(C(=O)NCc3ccccc3)cc2c1. The average Bonchev–Trinajstić information content (AvgIpc) is 3.03. The van der Waals surface area contributed by atoms with E-state index in [1.54, 1.807) is 31.3 Å². The number of hydrogen-bond acceptors (Lipinski definition) is 2. The molecule has 5 nitrogen and oxygen atoms in total. The molecule has 2 aromatic carbocycles. The normalized spacial score (nSPS) is 10.5. The van der Waals surface area contributed by atoms with E-state index in [0.717, 1.165) is 16.5 Å². The van der Waals surface area contributed by atoms with Gasteiger partial charge in [0.1, 0.15) is 5.69 Å². The Kier molecular flexibility index (Phi) is 4.10. The molecule has 0 saturated carbocycles. The van der Waals surface area contributed by atoms with E-state index in [1.165, 1.54) is 0 Å². The van der Waals surface area contributed by atoms with E-state index in [2.05, 4.69) is 15.6 Å². The number of carbonyl (C=O) groups excluding carboxylic acids is 2. The van der Waals surface area contributed by atoms with Crippen LogP contribution in [0.4, 0.5) is 0 Å². The molecule has 0 unspecified atom stereocenters. The predicted molar refractivity (Wildman–Crippen MR) is 89.3 cm³/mol. The number of hydrogen-bond donors (Lipinski definition) is 3. The number of H-pyrrole nitrogens is 1. The van der Waals surface area contributed by atoms with Crippen LogP contribution in [0.15, 0.2) is 54.6 Å². The van der Waals surface area contributed by atoms with Crippen LogP contribution in [0.5, 0.6) is 0 Å². The third-order valence-electron chi connectivity index (χ3n) is 3.65. The molecule has 116 valence electrons. The van der Waals surface area contributed by atoms with Crippen molar-refractivity contribution in [2.45, 2.75) is 6.54 Å². The zero-order valence-electron chi connectivity index (χ0n) is 12.7. The fourth-order valence-electron chi connectivity index (χ4n) is 2.41. The predicted octanol–water partition coefficient (Wildman–Crippen LogP) is 2.46. The molecule has 3 aromatic rings. The molecule has 0 aliphatic carbocycles. The molecule has 23 heavy (non-hydrogen) atoms. The minimum absolute atomic E-state index is 0.150. The summed E-state index contributed by atoms with van der Waals surface area (Å²) in [5.74, 6) is -0.324. The van der Waals surface area contributed by atoms with Gasteiger partial charge in [0, 0.05) is 30.1 Å². The summed E-state index contributed by atoms with van der Waals surface area (Å²) in [6.45, 7) is 0.471. The molecule has 3 N–H and O–H groups in total. The van der Waals surface area contributed by atoms with Crippen molar-refractivity contribution in [3.8, 4) is 0 Å². The smallest absolute Gasteiger partial charge is 0.267 e. The van der Waals surface area contributed by atoms with Crippen LogP contribution >= 0.6 is 0 Å². The van der Waals surface area contributed by atoms with E-state index in [4.69, 9.17) is 0 Å². The van der Waals surface area contributed by atoms with Crippen LogP contribution in [0, 0.1) is 0 Å². The van der Waals surface area contributed by atoms with Gasteiger partial charge in [-0.3, -0.25) is 9.59 Å². The number of fused-ring (bicyclic) bond motifs is 1. The molecule has 0 atom stereocenters. The van der Waals surface area contributed by atoms with E-state index in [1.807, 2.05) is 30.3 Å². The van der Waals surface area contributed by atoms with Gasteiger partial charge < -0.3 is 15.6 Å². The molecule has 0 fully saturated rings. The molecule has 0 spiro atoms. The highest BCUT2D eigenvalue weighted by molar-refractivity contribution is 6.01. The lowest BCUT2D eigenvalue weighted by Gasteiger charge is -2.03. The first-order valence-electron chi connectivity index (χ1n) is 7.34. The number of carbonyl (C=O) groups is 2. The van der Waals surface area contributed by atoms with Crippen molar-refractivity contribution in [2.75, 3.05) is 7.05 Å². The fraction of sp³-hybridized carbons (Fsp3) is 0.111. The lowest BCUT2D eigenvalue weighted by atomic mass is 10.1. The Morgan fingerprint density at radius 3 is 2.52 bits per heavy atom. The molecule has 0 bridgehead atoms. The van der Waals surface area contributed by atoms with Gasteiger partial charge in [-0.15, -0.1) is 0 Å². The minimum atomic E-state index is -0.174. The summed E-state index contributed by atoms with van der Waals surface area (Å²) in [5, 5.41) is 6.29. The Morgan fingerprint density at radius 1 is 1.00 bits per heavy atom. The number of benzene rings is 2. The van der Waals surface area contributed by atoms with E-state index in [9.17, 15) is 9.59 Å². The van der Waals surface area contributed by atoms with Crippen LogP contribution in [-0.2, 0) is 6.54 Å². The van der Waals surface area contributed by atoms with Crippen LogP contribution in [0.1, 0.15) is 26.4 Å². The van der Waals surface area contributed by atoms with Crippen LogP contribution in [0.25, 0.3) is 10.9 Å². The summed E-state index contributed by atoms with van der Waals surface area (Å²) < 4.78 is 0. The molecule has 0 radical (unpaired) electrons. The summed E-state index contributed by atoms with van der Waals surface area (Å²) in [5.41, 5.74) is 2.90. The maximum atomic E-state index is 12.2. The van der Waals surface area contributed by atoms with Crippen LogP contribution in [0.3, 0.4) is 0 Å². The number of nitrogens with one attached hydrogen (secondary N) is 3. The molecular formula is C18H17N3O2. The molecule has 5 heteroatoms. The highest BCUT2D eigenvalue weighted by Crippen LogP contribution is 2.17. The third kappa shape index (κ3) is 3.23. The maximum absolute atomic E-state index is 12.2. The number of amides is 2. The number of aromatic amines is 1. The van der Waals surface area contributed by atoms with Gasteiger partial charge in [0.25, 0.3) is 11.8 Å². The zero-order valence-corrected chi connectivity index (χ0v) is 12.7. The molecule has 3 rings (SSSR count). The van der Waals surface area contributed by atoms with E-state index in [-0.39, 0.29) is 11.8 Å². The summed E-state index contributed by atoms with van der Waals surface area (Å²) in [7, 11) is 1.59. The van der Waals surface area contributed by atoms with Crippen molar-refractivity contribution in [3.05, 3.63) is 71.4 Å². The Bertz CT molecular complexity index is 853. The van der Waals surface area contributed by atoms with E-state index in [0.29, 0.717) is 17.8 Å². The van der Waals surface area contributed by atoms with E-state index < -0.39 is 0 Å². The van der Waals surface area contributed by atoms with Gasteiger partial charge in [0.05, 0.1) is 0 Å². The Morgan fingerprint density at radius 2 is 1.78 bits per heavy atom. The second-order valence-corrected chi connectivity index (χ2v) is 5.23. The molecule has 0 aliphatic rings. The Labute approximate surface area is 133 Å². The molecule has 1 aromatic heterocycles. The number of rotatable bonds is 4. The van der Waals surface area contributed by atoms with Gasteiger partial charge in [-0.1, -0.05) is 30.3 Å². The highest BCUT2D eigenvalue weighted by Gasteiger charge is 2.11. The first-order valence-corrected chi connectivity index (χ1v) is 7.34. The van der Waals surface area contributed by atoms with Gasteiger partial charge in [-0.2, -0.15) is 0 Å². The van der Waals surface area contributed by atoms with Gasteiger partial charge in [-0.25, -0.2) is 0 Å². The fourth-order valence-corrected chi connectivity index (χ4v) is 2.41. The quantitative estimate of drug-likeness (QED) is 0.692. The monoisotopic (exact) mass is 307 g/mol. The second kappa shape index (κ2) is 6.36. The largest absolute Gasteiger partial charge is 0.355 e. The average molecular weight is 307 g/mol. The van der Waals surface area contributed by atoms with Crippen molar-refractivity contribution in [1.82, 2.24) is 15.6 Å². The van der Waals surface area contributed by atoms with Crippen LogP contribution in [0.2, 0.25) is 0 Å². The summed E-state index contributed by atoms with van der Waals surface area (Å²) >= 11 is 0. The lowest BCUT2D eigenvalue weighted by molar-refractivity contribution is 0.0943. The number of aromatic nitrogens is 1. The first kappa shape index (κ1) is 14.8. The highest BCUT2D eigenvalue weighted by atomic mass is 16.2. The standard InChI is InChI=1S/C18H17N3O2/c1-19-17(22)13-7-8-15-14(9-13)10-16(21-15)18(23)20-11-12-5-3-2-4-6-12/h2-10,21H,11H2,1H3,(H,19,22)(H,20,23). The summed E-state index contributed by atoms with van der Waals surface area (Å²) in [4.78, 5) is 27.0. The van der Waals surface area contributed by atoms with Gasteiger partial charge in [0.15, 0.2) is 0 Å². The molecule has 1 heterocycles.